The van der Waals surface area contributed by atoms with Gasteiger partial charge in [-0.05, 0) is 24.7 Å². The lowest BCUT2D eigenvalue weighted by molar-refractivity contribution is 0.347. The molecule has 0 bridgehead atoms. The van der Waals surface area contributed by atoms with Crippen LogP contribution in [0.2, 0.25) is 0 Å². The van der Waals surface area contributed by atoms with Crippen LogP contribution in [-0.2, 0) is 0 Å². The van der Waals surface area contributed by atoms with Gasteiger partial charge in [0.25, 0.3) is 0 Å². The second-order valence-corrected chi connectivity index (χ2v) is 5.03. The van der Waals surface area contributed by atoms with Gasteiger partial charge in [-0.2, -0.15) is 11.8 Å². The molecule has 1 heterocycles. The SMILES string of the molecule is CN1CCSC(c2cccc(O)c2)C1. The molecule has 1 aliphatic heterocycles. The number of thioether (sulfide) groups is 1. The van der Waals surface area contributed by atoms with Crippen molar-refractivity contribution >= 4 is 11.8 Å². The van der Waals surface area contributed by atoms with E-state index in [2.05, 4.69) is 18.0 Å². The maximum absolute atomic E-state index is 9.39. The fraction of sp³-hybridized carbons (Fsp3) is 0.455. The standard InChI is InChI=1S/C11H15NOS/c1-12-5-6-14-11(8-12)9-3-2-4-10(13)7-9/h2-4,7,11,13H,5-6,8H2,1H3. The molecule has 2 nitrogen and oxygen atoms in total. The Morgan fingerprint density at radius 1 is 1.50 bits per heavy atom. The van der Waals surface area contributed by atoms with Gasteiger partial charge < -0.3 is 10.0 Å². The van der Waals surface area contributed by atoms with Crippen molar-refractivity contribution in [3.63, 3.8) is 0 Å². The van der Waals surface area contributed by atoms with Gasteiger partial charge in [-0.3, -0.25) is 0 Å². The number of nitrogens with zero attached hydrogens (tertiary/aromatic N) is 1. The molecular weight excluding hydrogens is 194 g/mol. The van der Waals surface area contributed by atoms with E-state index >= 15 is 0 Å². The van der Waals surface area contributed by atoms with E-state index in [0.29, 0.717) is 11.0 Å². The van der Waals surface area contributed by atoms with Crippen LogP contribution >= 0.6 is 11.8 Å². The van der Waals surface area contributed by atoms with Crippen LogP contribution < -0.4 is 0 Å². The summed E-state index contributed by atoms with van der Waals surface area (Å²) in [5, 5.41) is 9.90. The van der Waals surface area contributed by atoms with Crippen molar-refractivity contribution in [2.75, 3.05) is 25.9 Å². The number of hydrogen-bond donors (Lipinski definition) is 1. The van der Waals surface area contributed by atoms with Crippen molar-refractivity contribution in [1.82, 2.24) is 4.90 Å². The molecule has 1 unspecified atom stereocenters. The first kappa shape index (κ1) is 9.87. The molecule has 0 saturated carbocycles. The van der Waals surface area contributed by atoms with Crippen LogP contribution in [0.4, 0.5) is 0 Å². The van der Waals surface area contributed by atoms with Crippen LogP contribution in [0.1, 0.15) is 10.8 Å². The summed E-state index contributed by atoms with van der Waals surface area (Å²) in [6.07, 6.45) is 0. The summed E-state index contributed by atoms with van der Waals surface area (Å²) in [6.45, 7) is 2.24. The molecule has 76 valence electrons. The number of phenolic OH excluding ortho intramolecular Hbond substituents is 1. The summed E-state index contributed by atoms with van der Waals surface area (Å²) in [5.74, 6) is 1.55. The molecule has 0 amide bonds. The third-order valence-corrected chi connectivity index (χ3v) is 3.75. The van der Waals surface area contributed by atoms with E-state index in [1.165, 1.54) is 17.9 Å². The number of phenols is 1. The molecule has 1 aromatic carbocycles. The zero-order valence-electron chi connectivity index (χ0n) is 8.31. The molecule has 1 aromatic rings. The summed E-state index contributed by atoms with van der Waals surface area (Å²) < 4.78 is 0. The number of aromatic hydroxyl groups is 1. The van der Waals surface area contributed by atoms with Crippen molar-refractivity contribution in [2.45, 2.75) is 5.25 Å². The zero-order chi connectivity index (χ0) is 9.97. The molecule has 1 fully saturated rings. The van der Waals surface area contributed by atoms with Gasteiger partial charge in [0.2, 0.25) is 0 Å². The van der Waals surface area contributed by atoms with Crippen LogP contribution in [0.3, 0.4) is 0 Å². The lowest BCUT2D eigenvalue weighted by atomic mass is 10.1. The molecular formula is C11H15NOS. The Kier molecular flexibility index (Phi) is 2.99. The highest BCUT2D eigenvalue weighted by molar-refractivity contribution is 7.99. The van der Waals surface area contributed by atoms with E-state index in [0.717, 1.165) is 6.54 Å². The fourth-order valence-electron chi connectivity index (χ4n) is 1.70. The summed E-state index contributed by atoms with van der Waals surface area (Å²) in [5.41, 5.74) is 1.24. The maximum Gasteiger partial charge on any atom is 0.115 e. The Hall–Kier alpha value is -0.670. The van der Waals surface area contributed by atoms with Crippen molar-refractivity contribution < 1.29 is 5.11 Å². The third-order valence-electron chi connectivity index (χ3n) is 2.51. The predicted molar refractivity (Wildman–Crippen MR) is 60.8 cm³/mol. The van der Waals surface area contributed by atoms with Gasteiger partial charge in [0.15, 0.2) is 0 Å². The van der Waals surface area contributed by atoms with Gasteiger partial charge in [-0.15, -0.1) is 0 Å². The maximum atomic E-state index is 9.39. The predicted octanol–water partition coefficient (Wildman–Crippen LogP) is 2.11. The normalized spacial score (nSPS) is 23.6. The van der Waals surface area contributed by atoms with Crippen LogP contribution in [-0.4, -0.2) is 35.9 Å². The molecule has 0 radical (unpaired) electrons. The Morgan fingerprint density at radius 2 is 2.36 bits per heavy atom. The second-order valence-electron chi connectivity index (χ2n) is 3.72. The first-order valence-corrected chi connectivity index (χ1v) is 5.89. The van der Waals surface area contributed by atoms with Crippen LogP contribution in [0, 0.1) is 0 Å². The second kappa shape index (κ2) is 4.24. The molecule has 1 atom stereocenters. The van der Waals surface area contributed by atoms with E-state index in [9.17, 15) is 5.11 Å². The Labute approximate surface area is 88.9 Å². The average Bonchev–Trinajstić information content (AvgIpc) is 2.18. The summed E-state index contributed by atoms with van der Waals surface area (Å²) in [6, 6.07) is 7.61. The van der Waals surface area contributed by atoms with Gasteiger partial charge in [0.05, 0.1) is 0 Å². The van der Waals surface area contributed by atoms with E-state index in [-0.39, 0.29) is 0 Å². The summed E-state index contributed by atoms with van der Waals surface area (Å²) in [7, 11) is 2.15. The van der Waals surface area contributed by atoms with E-state index < -0.39 is 0 Å². The first-order chi connectivity index (χ1) is 6.75. The zero-order valence-corrected chi connectivity index (χ0v) is 9.13. The molecule has 14 heavy (non-hydrogen) atoms. The highest BCUT2D eigenvalue weighted by atomic mass is 32.2. The quantitative estimate of drug-likeness (QED) is 0.766. The van der Waals surface area contributed by atoms with Gasteiger partial charge in [0.1, 0.15) is 5.75 Å². The van der Waals surface area contributed by atoms with Crippen molar-refractivity contribution in [3.05, 3.63) is 29.8 Å². The number of benzene rings is 1. The lowest BCUT2D eigenvalue weighted by Gasteiger charge is -2.29. The van der Waals surface area contributed by atoms with Crippen molar-refractivity contribution in [1.29, 1.82) is 0 Å². The minimum Gasteiger partial charge on any atom is -0.508 e. The molecule has 0 spiro atoms. The third kappa shape index (κ3) is 2.22. The smallest absolute Gasteiger partial charge is 0.115 e. The molecule has 2 rings (SSSR count). The van der Waals surface area contributed by atoms with Gasteiger partial charge in [0, 0.05) is 24.1 Å². The fourth-order valence-corrected chi connectivity index (χ4v) is 3.11. The topological polar surface area (TPSA) is 23.5 Å². The highest BCUT2D eigenvalue weighted by Crippen LogP contribution is 2.33. The molecule has 1 aliphatic rings. The largest absolute Gasteiger partial charge is 0.508 e. The average molecular weight is 209 g/mol. The summed E-state index contributed by atoms with van der Waals surface area (Å²) >= 11 is 1.98. The van der Waals surface area contributed by atoms with Crippen molar-refractivity contribution in [3.8, 4) is 5.75 Å². The Balaban J connectivity index is 2.14. The van der Waals surface area contributed by atoms with Crippen LogP contribution in [0.15, 0.2) is 24.3 Å². The van der Waals surface area contributed by atoms with E-state index in [1.807, 2.05) is 23.9 Å². The molecule has 0 aromatic heterocycles. The molecule has 1 N–H and O–H groups in total. The molecule has 1 saturated heterocycles. The monoisotopic (exact) mass is 209 g/mol. The van der Waals surface area contributed by atoms with Crippen LogP contribution in [0.25, 0.3) is 0 Å². The first-order valence-electron chi connectivity index (χ1n) is 4.85. The molecule has 3 heteroatoms. The van der Waals surface area contributed by atoms with E-state index in [4.69, 9.17) is 0 Å². The number of likely N-dealkylation sites (N-methyl/N-ethyl adjacent to an activating group) is 1. The minimum absolute atomic E-state index is 0.372. The van der Waals surface area contributed by atoms with E-state index in [1.54, 1.807) is 6.07 Å². The van der Waals surface area contributed by atoms with Gasteiger partial charge >= 0.3 is 0 Å². The highest BCUT2D eigenvalue weighted by Gasteiger charge is 2.19. The minimum atomic E-state index is 0.372. The Bertz CT molecular complexity index is 316. The lowest BCUT2D eigenvalue weighted by Crippen LogP contribution is -2.30. The van der Waals surface area contributed by atoms with Gasteiger partial charge in [-0.1, -0.05) is 12.1 Å². The van der Waals surface area contributed by atoms with Crippen molar-refractivity contribution in [2.24, 2.45) is 0 Å². The van der Waals surface area contributed by atoms with Crippen LogP contribution in [0.5, 0.6) is 5.75 Å². The van der Waals surface area contributed by atoms with Gasteiger partial charge in [-0.25, -0.2) is 0 Å². The number of rotatable bonds is 1. The number of hydrogen-bond acceptors (Lipinski definition) is 3. The molecule has 0 aliphatic carbocycles. The summed E-state index contributed by atoms with van der Waals surface area (Å²) in [4.78, 5) is 2.34. The Morgan fingerprint density at radius 3 is 3.07 bits per heavy atom.